The van der Waals surface area contributed by atoms with Crippen LogP contribution in [0.3, 0.4) is 0 Å². The summed E-state index contributed by atoms with van der Waals surface area (Å²) in [4.78, 5) is 16.8. The smallest absolute Gasteiger partial charge is 0.315 e. The summed E-state index contributed by atoms with van der Waals surface area (Å²) in [6.07, 6.45) is 7.92. The zero-order valence-electron chi connectivity index (χ0n) is 14.1. The number of aromatic nitrogens is 2. The highest BCUT2D eigenvalue weighted by atomic mass is 16.2. The molecule has 1 aromatic carbocycles. The minimum Gasteiger partial charge on any atom is -0.338 e. The van der Waals surface area contributed by atoms with Crippen LogP contribution in [0.1, 0.15) is 35.7 Å². The van der Waals surface area contributed by atoms with Crippen molar-refractivity contribution >= 4 is 11.7 Å². The van der Waals surface area contributed by atoms with Gasteiger partial charge in [-0.25, -0.2) is 9.78 Å². The van der Waals surface area contributed by atoms with E-state index in [1.54, 1.807) is 0 Å². The summed E-state index contributed by atoms with van der Waals surface area (Å²) in [7, 11) is 0. The third-order valence-electron chi connectivity index (χ3n) is 4.76. The van der Waals surface area contributed by atoms with Crippen molar-refractivity contribution in [2.75, 3.05) is 6.54 Å². The van der Waals surface area contributed by atoms with E-state index in [9.17, 15) is 4.79 Å². The monoisotopic (exact) mass is 334 g/mol. The third-order valence-corrected chi connectivity index (χ3v) is 4.76. The van der Waals surface area contributed by atoms with Gasteiger partial charge in [-0.05, 0) is 42.5 Å². The molecule has 0 fully saturated rings. The molecule has 0 saturated carbocycles. The second-order valence-electron chi connectivity index (χ2n) is 6.49. The molecule has 4 rings (SSSR count). The number of aryl methyl sites for hydroxylation is 1. The van der Waals surface area contributed by atoms with E-state index in [2.05, 4.69) is 33.8 Å². The quantitative estimate of drug-likeness (QED) is 0.769. The highest BCUT2D eigenvalue weighted by Gasteiger charge is 2.21. The summed E-state index contributed by atoms with van der Waals surface area (Å²) in [5, 5.41) is 6.07. The largest absolute Gasteiger partial charge is 0.338 e. The highest BCUT2D eigenvalue weighted by Crippen LogP contribution is 2.29. The molecule has 0 bridgehead atoms. The van der Waals surface area contributed by atoms with Gasteiger partial charge in [-0.3, -0.25) is 0 Å². The Bertz CT molecular complexity index is 853. The molecule has 0 radical (unpaired) electrons. The number of nitrogens with zero attached hydrogens (tertiary/aromatic N) is 2. The summed E-state index contributed by atoms with van der Waals surface area (Å²) in [5.41, 5.74) is 4.52. The fourth-order valence-electron chi connectivity index (χ4n) is 3.52. The maximum atomic E-state index is 12.2. The van der Waals surface area contributed by atoms with E-state index in [1.165, 1.54) is 11.1 Å². The average Bonchev–Trinajstić information content (AvgIpc) is 3.05. The fourth-order valence-corrected chi connectivity index (χ4v) is 3.52. The number of carbonyl (C=O) groups excluding carboxylic acids is 1. The first-order valence-electron chi connectivity index (χ1n) is 8.84. The molecule has 1 unspecified atom stereocenters. The lowest BCUT2D eigenvalue weighted by molar-refractivity contribution is 0.235. The predicted molar refractivity (Wildman–Crippen MR) is 97.6 cm³/mol. The lowest BCUT2D eigenvalue weighted by atomic mass is 9.88. The number of urea groups is 1. The molecule has 2 aromatic heterocycles. The molecule has 1 atom stereocenters. The summed E-state index contributed by atoms with van der Waals surface area (Å²) < 4.78 is 1.99. The van der Waals surface area contributed by atoms with Gasteiger partial charge in [0.15, 0.2) is 0 Å². The molecule has 0 aliphatic heterocycles. The Kier molecular flexibility index (Phi) is 4.37. The maximum Gasteiger partial charge on any atom is 0.315 e. The van der Waals surface area contributed by atoms with Crippen LogP contribution in [0.2, 0.25) is 0 Å². The molecule has 25 heavy (non-hydrogen) atoms. The number of rotatable bonds is 4. The molecule has 2 N–H and O–H groups in total. The number of imidazole rings is 1. The van der Waals surface area contributed by atoms with Crippen LogP contribution < -0.4 is 10.6 Å². The molecule has 0 saturated heterocycles. The normalized spacial score (nSPS) is 16.4. The number of nitrogens with one attached hydrogen (secondary N) is 2. The van der Waals surface area contributed by atoms with Crippen LogP contribution in [0.15, 0.2) is 54.9 Å². The van der Waals surface area contributed by atoms with Gasteiger partial charge in [-0.15, -0.1) is 0 Å². The van der Waals surface area contributed by atoms with Gasteiger partial charge in [0.2, 0.25) is 0 Å². The van der Waals surface area contributed by atoms with E-state index in [4.69, 9.17) is 0 Å². The van der Waals surface area contributed by atoms with Crippen molar-refractivity contribution in [3.63, 3.8) is 0 Å². The number of benzene rings is 1. The zero-order chi connectivity index (χ0) is 17.1. The van der Waals surface area contributed by atoms with Crippen LogP contribution in [-0.2, 0) is 12.8 Å². The lowest BCUT2D eigenvalue weighted by Crippen LogP contribution is -2.39. The Morgan fingerprint density at radius 3 is 3.00 bits per heavy atom. The summed E-state index contributed by atoms with van der Waals surface area (Å²) in [6, 6.07) is 14.3. The standard InChI is InChI=1S/C20H22N4O/c25-20(23-18-9-5-7-15-6-1-2-8-17(15)18)21-12-11-16-14-24-13-4-3-10-19(24)22-16/h1-4,6,8,10,13-14,18H,5,7,9,11-12H2,(H2,21,23,25). The Hall–Kier alpha value is -2.82. The van der Waals surface area contributed by atoms with Crippen molar-refractivity contribution < 1.29 is 4.79 Å². The van der Waals surface area contributed by atoms with Gasteiger partial charge in [-0.1, -0.05) is 30.3 Å². The first-order valence-corrected chi connectivity index (χ1v) is 8.84. The number of amides is 2. The van der Waals surface area contributed by atoms with Gasteiger partial charge in [-0.2, -0.15) is 0 Å². The van der Waals surface area contributed by atoms with Crippen molar-refractivity contribution in [2.24, 2.45) is 0 Å². The van der Waals surface area contributed by atoms with E-state index in [-0.39, 0.29) is 12.1 Å². The second kappa shape index (κ2) is 6.97. The predicted octanol–water partition coefficient (Wildman–Crippen LogP) is 3.25. The van der Waals surface area contributed by atoms with E-state index in [0.29, 0.717) is 6.54 Å². The summed E-state index contributed by atoms with van der Waals surface area (Å²) >= 11 is 0. The van der Waals surface area contributed by atoms with Gasteiger partial charge >= 0.3 is 6.03 Å². The molecule has 2 amide bonds. The Morgan fingerprint density at radius 2 is 2.08 bits per heavy atom. The zero-order valence-corrected chi connectivity index (χ0v) is 14.1. The third kappa shape index (κ3) is 3.50. The van der Waals surface area contributed by atoms with Crippen molar-refractivity contribution in [2.45, 2.75) is 31.7 Å². The highest BCUT2D eigenvalue weighted by molar-refractivity contribution is 5.74. The number of hydrogen-bond acceptors (Lipinski definition) is 2. The molecular formula is C20H22N4O. The van der Waals surface area contributed by atoms with Crippen LogP contribution in [-0.4, -0.2) is 22.0 Å². The molecular weight excluding hydrogens is 312 g/mol. The average molecular weight is 334 g/mol. The van der Waals surface area contributed by atoms with E-state index < -0.39 is 0 Å². The van der Waals surface area contributed by atoms with Crippen molar-refractivity contribution in [3.05, 3.63) is 71.7 Å². The Balaban J connectivity index is 1.31. The van der Waals surface area contributed by atoms with Gasteiger partial charge in [0.1, 0.15) is 5.65 Å². The first-order chi connectivity index (χ1) is 12.3. The number of fused-ring (bicyclic) bond motifs is 2. The van der Waals surface area contributed by atoms with E-state index in [1.807, 2.05) is 41.1 Å². The molecule has 1 aliphatic carbocycles. The van der Waals surface area contributed by atoms with Crippen LogP contribution in [0.5, 0.6) is 0 Å². The molecule has 5 heteroatoms. The number of hydrogen-bond donors (Lipinski definition) is 2. The molecule has 0 spiro atoms. The number of carbonyl (C=O) groups is 1. The fraction of sp³-hybridized carbons (Fsp3) is 0.300. The molecule has 1 aliphatic rings. The van der Waals surface area contributed by atoms with Crippen molar-refractivity contribution in [1.82, 2.24) is 20.0 Å². The van der Waals surface area contributed by atoms with Crippen LogP contribution in [0, 0.1) is 0 Å². The lowest BCUT2D eigenvalue weighted by Gasteiger charge is -2.26. The SMILES string of the molecule is O=C(NCCc1cn2ccccc2n1)NC1CCCc2ccccc21. The molecule has 2 heterocycles. The van der Waals surface area contributed by atoms with Gasteiger partial charge in [0.05, 0.1) is 11.7 Å². The second-order valence-corrected chi connectivity index (χ2v) is 6.49. The van der Waals surface area contributed by atoms with E-state index >= 15 is 0 Å². The minimum absolute atomic E-state index is 0.106. The minimum atomic E-state index is -0.106. The van der Waals surface area contributed by atoms with E-state index in [0.717, 1.165) is 37.0 Å². The van der Waals surface area contributed by atoms with Gasteiger partial charge in [0, 0.05) is 25.4 Å². The molecule has 128 valence electrons. The van der Waals surface area contributed by atoms with Gasteiger partial charge in [0.25, 0.3) is 0 Å². The van der Waals surface area contributed by atoms with Crippen LogP contribution in [0.4, 0.5) is 4.79 Å². The number of pyridine rings is 1. The van der Waals surface area contributed by atoms with Gasteiger partial charge < -0.3 is 15.0 Å². The van der Waals surface area contributed by atoms with Crippen molar-refractivity contribution in [3.8, 4) is 0 Å². The molecule has 3 aromatic rings. The Labute approximate surface area is 147 Å². The van der Waals surface area contributed by atoms with Crippen LogP contribution >= 0.6 is 0 Å². The summed E-state index contributed by atoms with van der Waals surface area (Å²) in [6.45, 7) is 0.573. The topological polar surface area (TPSA) is 58.4 Å². The summed E-state index contributed by atoms with van der Waals surface area (Å²) in [5.74, 6) is 0. The first kappa shape index (κ1) is 15.7. The molecule has 5 nitrogen and oxygen atoms in total. The van der Waals surface area contributed by atoms with Crippen LogP contribution in [0.25, 0.3) is 5.65 Å². The van der Waals surface area contributed by atoms with Crippen molar-refractivity contribution in [1.29, 1.82) is 0 Å². The maximum absolute atomic E-state index is 12.2. The Morgan fingerprint density at radius 1 is 1.20 bits per heavy atom.